The van der Waals surface area contributed by atoms with E-state index in [2.05, 4.69) is 0 Å². The Bertz CT molecular complexity index is 478. The van der Waals surface area contributed by atoms with Crippen LogP contribution in [0.1, 0.15) is 12.0 Å². The van der Waals surface area contributed by atoms with E-state index >= 15 is 0 Å². The normalized spacial score (nSPS) is 25.6. The molecule has 0 radical (unpaired) electrons. The van der Waals surface area contributed by atoms with Crippen molar-refractivity contribution in [2.45, 2.75) is 20.5 Å². The molecule has 0 aliphatic heterocycles. The van der Waals surface area contributed by atoms with E-state index in [0.717, 1.165) is 11.1 Å². The molecule has 0 saturated carbocycles. The third-order valence-corrected chi connectivity index (χ3v) is 5.26. The second-order valence-electron chi connectivity index (χ2n) is 4.19. The largest absolute Gasteiger partial charge is 0.508 e. The summed E-state index contributed by atoms with van der Waals surface area (Å²) >= 11 is 30.6. The third kappa shape index (κ3) is 2.86. The lowest BCUT2D eigenvalue weighted by atomic mass is 9.92. The number of hydrogen-bond donors (Lipinski definition) is 1. The van der Waals surface area contributed by atoms with E-state index in [1.54, 1.807) is 30.3 Å². The second kappa shape index (κ2) is 4.96. The van der Waals surface area contributed by atoms with E-state index in [4.69, 9.17) is 58.0 Å². The van der Waals surface area contributed by atoms with Gasteiger partial charge in [-0.15, -0.1) is 11.6 Å². The van der Waals surface area contributed by atoms with Crippen LogP contribution >= 0.6 is 58.0 Å². The Balaban J connectivity index is 2.43. The molecule has 0 saturated heterocycles. The predicted octanol–water partition coefficient (Wildman–Crippen LogP) is 5.13. The van der Waals surface area contributed by atoms with Gasteiger partial charge in [0.1, 0.15) is 15.5 Å². The molecule has 2 rings (SSSR count). The molecule has 1 aliphatic rings. The Hall–Kier alpha value is 0.210. The zero-order valence-corrected chi connectivity index (χ0v) is 12.8. The summed E-state index contributed by atoms with van der Waals surface area (Å²) in [6.45, 7) is 0. The highest BCUT2D eigenvalue weighted by molar-refractivity contribution is 6.60. The molecule has 18 heavy (non-hydrogen) atoms. The number of alkyl halides is 5. The van der Waals surface area contributed by atoms with Crippen molar-refractivity contribution >= 4 is 63.6 Å². The van der Waals surface area contributed by atoms with Gasteiger partial charge in [-0.1, -0.05) is 58.5 Å². The number of allylic oxidation sites excluding steroid dienone is 2. The molecule has 1 aromatic rings. The number of hydrogen-bond acceptors (Lipinski definition) is 1. The summed E-state index contributed by atoms with van der Waals surface area (Å²) in [5, 5.41) is 8.45. The molecule has 1 atom stereocenters. The minimum absolute atomic E-state index is 0.177. The Morgan fingerprint density at radius 2 is 1.61 bits per heavy atom. The van der Waals surface area contributed by atoms with E-state index in [-0.39, 0.29) is 5.75 Å². The second-order valence-corrected chi connectivity index (χ2v) is 7.61. The number of phenolic OH excluding ortho intramolecular Hbond substituents is 1. The molecule has 0 fully saturated rings. The molecule has 0 aromatic heterocycles. The number of rotatable bonds is 1. The van der Waals surface area contributed by atoms with Crippen molar-refractivity contribution in [3.63, 3.8) is 0 Å². The fraction of sp³-hybridized carbons (Fsp3) is 0.333. The van der Waals surface area contributed by atoms with Crippen molar-refractivity contribution in [2.24, 2.45) is 0 Å². The maximum Gasteiger partial charge on any atom is 0.156 e. The Labute approximate surface area is 130 Å². The summed E-state index contributed by atoms with van der Waals surface area (Å²) in [7, 11) is 0. The van der Waals surface area contributed by atoms with Crippen LogP contribution in [-0.4, -0.2) is 19.2 Å². The van der Waals surface area contributed by atoms with Crippen molar-refractivity contribution < 1.29 is 5.11 Å². The molecule has 1 aliphatic carbocycles. The fourth-order valence-corrected chi connectivity index (χ4v) is 3.47. The van der Waals surface area contributed by atoms with Crippen LogP contribution in [0.25, 0.3) is 5.57 Å². The van der Waals surface area contributed by atoms with Crippen LogP contribution < -0.4 is 0 Å². The summed E-state index contributed by atoms with van der Waals surface area (Å²) in [6, 6.07) is 6.61. The minimum atomic E-state index is -1.34. The highest BCUT2D eigenvalue weighted by Gasteiger charge is 2.50. The van der Waals surface area contributed by atoms with Crippen LogP contribution in [0, 0.1) is 0 Å². The first-order valence-electron chi connectivity index (χ1n) is 5.13. The van der Waals surface area contributed by atoms with Crippen molar-refractivity contribution in [1.82, 2.24) is 0 Å². The Morgan fingerprint density at radius 1 is 1.06 bits per heavy atom. The average molecular weight is 346 g/mol. The van der Waals surface area contributed by atoms with E-state index < -0.39 is 14.0 Å². The van der Waals surface area contributed by atoms with Crippen molar-refractivity contribution in [3.8, 4) is 5.75 Å². The molecule has 98 valence electrons. The maximum absolute atomic E-state index is 9.26. The van der Waals surface area contributed by atoms with Gasteiger partial charge in [-0.05, 0) is 29.3 Å². The lowest BCUT2D eigenvalue weighted by Crippen LogP contribution is -2.42. The summed E-state index contributed by atoms with van der Waals surface area (Å²) in [5.74, 6) is 0.177. The summed E-state index contributed by atoms with van der Waals surface area (Å²) in [5.41, 5.74) is 1.63. The van der Waals surface area contributed by atoms with Gasteiger partial charge in [-0.25, -0.2) is 0 Å². The topological polar surface area (TPSA) is 20.2 Å². The molecule has 0 amide bonds. The maximum atomic E-state index is 9.26. The number of benzene rings is 1. The van der Waals surface area contributed by atoms with Crippen molar-refractivity contribution in [3.05, 3.63) is 35.9 Å². The first kappa shape index (κ1) is 14.6. The molecule has 1 aromatic carbocycles. The van der Waals surface area contributed by atoms with Gasteiger partial charge < -0.3 is 5.11 Å². The monoisotopic (exact) mass is 344 g/mol. The van der Waals surface area contributed by atoms with Gasteiger partial charge in [0.05, 0.1) is 0 Å². The van der Waals surface area contributed by atoms with Crippen molar-refractivity contribution in [2.75, 3.05) is 0 Å². The molecular formula is C12H9Cl5O. The zero-order valence-electron chi connectivity index (χ0n) is 9.01. The minimum Gasteiger partial charge on any atom is -0.508 e. The predicted molar refractivity (Wildman–Crippen MR) is 79.2 cm³/mol. The molecule has 0 bridgehead atoms. The highest BCUT2D eigenvalue weighted by atomic mass is 35.5. The molecule has 1 nitrogen and oxygen atoms in total. The standard InChI is InChI=1S/C12H9Cl5O/c13-10-11(14,15)5-8(6-12(10,16)17)7-1-3-9(18)4-2-7/h1-5,10,18H,6H2. The Kier molecular flexibility index (Phi) is 4.02. The molecule has 6 heteroatoms. The number of phenols is 1. The molecule has 0 heterocycles. The van der Waals surface area contributed by atoms with Crippen LogP contribution in [-0.2, 0) is 0 Å². The van der Waals surface area contributed by atoms with Crippen LogP contribution in [0.4, 0.5) is 0 Å². The molecule has 1 unspecified atom stereocenters. The van der Waals surface area contributed by atoms with Crippen LogP contribution in [0.2, 0.25) is 0 Å². The summed E-state index contributed by atoms with van der Waals surface area (Å²) in [6.07, 6.45) is 1.97. The molecular weight excluding hydrogens is 337 g/mol. The van der Waals surface area contributed by atoms with E-state index in [1.165, 1.54) is 0 Å². The Morgan fingerprint density at radius 3 is 2.11 bits per heavy atom. The van der Waals surface area contributed by atoms with Gasteiger partial charge in [0.2, 0.25) is 0 Å². The van der Waals surface area contributed by atoms with E-state index in [9.17, 15) is 5.11 Å². The lowest BCUT2D eigenvalue weighted by Gasteiger charge is -2.37. The zero-order chi connectivity index (χ0) is 13.6. The average Bonchev–Trinajstić information content (AvgIpc) is 2.26. The van der Waals surface area contributed by atoms with Crippen LogP contribution in [0.5, 0.6) is 5.75 Å². The van der Waals surface area contributed by atoms with Gasteiger partial charge in [0.25, 0.3) is 0 Å². The summed E-state index contributed by atoms with van der Waals surface area (Å²) in [4.78, 5) is 0. The summed E-state index contributed by atoms with van der Waals surface area (Å²) < 4.78 is -2.58. The molecule has 0 spiro atoms. The van der Waals surface area contributed by atoms with Crippen molar-refractivity contribution in [1.29, 1.82) is 0 Å². The van der Waals surface area contributed by atoms with Gasteiger partial charge in [0, 0.05) is 6.42 Å². The SMILES string of the molecule is Oc1ccc(C2=CC(Cl)(Cl)C(Cl)C(Cl)(Cl)C2)cc1. The van der Waals surface area contributed by atoms with Gasteiger partial charge >= 0.3 is 0 Å². The quantitative estimate of drug-likeness (QED) is 0.699. The highest BCUT2D eigenvalue weighted by Crippen LogP contribution is 2.52. The van der Waals surface area contributed by atoms with Gasteiger partial charge in [-0.2, -0.15) is 0 Å². The van der Waals surface area contributed by atoms with Gasteiger partial charge in [0.15, 0.2) is 4.33 Å². The first-order chi connectivity index (χ1) is 8.22. The third-order valence-electron chi connectivity index (χ3n) is 2.74. The van der Waals surface area contributed by atoms with Crippen LogP contribution in [0.15, 0.2) is 30.3 Å². The first-order valence-corrected chi connectivity index (χ1v) is 7.08. The smallest absolute Gasteiger partial charge is 0.156 e. The van der Waals surface area contributed by atoms with E-state index in [0.29, 0.717) is 6.42 Å². The number of halogens is 5. The lowest BCUT2D eigenvalue weighted by molar-refractivity contribution is 0.475. The van der Waals surface area contributed by atoms with Gasteiger partial charge in [-0.3, -0.25) is 0 Å². The van der Waals surface area contributed by atoms with E-state index in [1.807, 2.05) is 0 Å². The number of aromatic hydroxyl groups is 1. The fourth-order valence-electron chi connectivity index (χ4n) is 1.84. The molecule has 1 N–H and O–H groups in total. The van der Waals surface area contributed by atoms with Crippen LogP contribution in [0.3, 0.4) is 0 Å².